The zero-order chi connectivity index (χ0) is 19.9. The van der Waals surface area contributed by atoms with Crippen molar-refractivity contribution in [1.82, 2.24) is 4.98 Å². The fraction of sp³-hybridized carbons (Fsp3) is 0.150. The van der Waals surface area contributed by atoms with E-state index >= 15 is 0 Å². The van der Waals surface area contributed by atoms with Gasteiger partial charge in [-0.15, -0.1) is 11.3 Å². The van der Waals surface area contributed by atoms with Gasteiger partial charge in [-0.1, -0.05) is 18.2 Å². The van der Waals surface area contributed by atoms with Crippen molar-refractivity contribution in [2.75, 3.05) is 5.32 Å². The van der Waals surface area contributed by atoms with Gasteiger partial charge in [0, 0.05) is 17.4 Å². The molecule has 2 aromatic carbocycles. The van der Waals surface area contributed by atoms with Crippen LogP contribution in [0.4, 0.5) is 13.9 Å². The third-order valence-corrected chi connectivity index (χ3v) is 5.25. The van der Waals surface area contributed by atoms with E-state index in [1.807, 2.05) is 0 Å². The first kappa shape index (κ1) is 18.2. The van der Waals surface area contributed by atoms with E-state index in [1.54, 1.807) is 24.3 Å². The van der Waals surface area contributed by atoms with Crippen LogP contribution < -0.4 is 5.32 Å². The van der Waals surface area contributed by atoms with Crippen LogP contribution >= 0.6 is 11.3 Å². The van der Waals surface area contributed by atoms with Crippen LogP contribution in [0.2, 0.25) is 0 Å². The molecule has 1 amide bonds. The molecular formula is C20H14F2N2O3S. The highest BCUT2D eigenvalue weighted by Gasteiger charge is 2.42. The monoisotopic (exact) mass is 400 g/mol. The highest BCUT2D eigenvalue weighted by atomic mass is 32.1. The summed E-state index contributed by atoms with van der Waals surface area (Å²) < 4.78 is 32.7. The highest BCUT2D eigenvalue weighted by Crippen LogP contribution is 2.31. The molecule has 2 heterocycles. The van der Waals surface area contributed by atoms with Gasteiger partial charge < -0.3 is 4.74 Å². The Morgan fingerprint density at radius 1 is 1.21 bits per heavy atom. The molecule has 0 saturated carbocycles. The molecule has 28 heavy (non-hydrogen) atoms. The SMILES string of the molecule is C[C@]1(C(=O)Nc2nc(-c3cc(F)ccc3F)cs2)Cc2ccccc2C(=O)O1. The third kappa shape index (κ3) is 3.27. The Kier molecular flexibility index (Phi) is 4.43. The van der Waals surface area contributed by atoms with Gasteiger partial charge in [0.15, 0.2) is 10.7 Å². The average molecular weight is 400 g/mol. The van der Waals surface area contributed by atoms with Gasteiger partial charge in [-0.25, -0.2) is 18.6 Å². The summed E-state index contributed by atoms with van der Waals surface area (Å²) in [6.45, 7) is 1.52. The summed E-state index contributed by atoms with van der Waals surface area (Å²) in [7, 11) is 0. The fourth-order valence-electron chi connectivity index (χ4n) is 3.04. The summed E-state index contributed by atoms with van der Waals surface area (Å²) in [5.74, 6) is -2.32. The lowest BCUT2D eigenvalue weighted by atomic mass is 9.89. The Hall–Kier alpha value is -3.13. The van der Waals surface area contributed by atoms with Crippen LogP contribution in [-0.2, 0) is 16.0 Å². The second kappa shape index (κ2) is 6.79. The number of rotatable bonds is 3. The standard InChI is InChI=1S/C20H14F2N2O3S/c1-20(9-11-4-2-3-5-13(11)17(25)27-20)18(26)24-19-23-16(10-28-19)14-8-12(21)6-7-15(14)22/h2-8,10H,9H2,1H3,(H,23,24,26)/t20-/m1/s1. The summed E-state index contributed by atoms with van der Waals surface area (Å²) in [5.41, 5.74) is -0.0418. The molecule has 0 bridgehead atoms. The molecule has 0 fully saturated rings. The number of hydrogen-bond donors (Lipinski definition) is 1. The number of thiazole rings is 1. The normalized spacial score (nSPS) is 18.3. The summed E-state index contributed by atoms with van der Waals surface area (Å²) in [6.07, 6.45) is 0.220. The van der Waals surface area contributed by atoms with Crippen molar-refractivity contribution >= 4 is 28.3 Å². The molecule has 8 heteroatoms. The van der Waals surface area contributed by atoms with Gasteiger partial charge in [-0.05, 0) is 36.8 Å². The molecule has 1 aromatic heterocycles. The molecule has 0 aliphatic carbocycles. The van der Waals surface area contributed by atoms with Crippen LogP contribution in [-0.4, -0.2) is 22.5 Å². The first-order valence-corrected chi connectivity index (χ1v) is 9.27. The average Bonchev–Trinajstić information content (AvgIpc) is 3.12. The number of anilines is 1. The summed E-state index contributed by atoms with van der Waals surface area (Å²) in [6, 6.07) is 10.0. The quantitative estimate of drug-likeness (QED) is 0.669. The fourth-order valence-corrected chi connectivity index (χ4v) is 3.74. The number of carbonyl (C=O) groups excluding carboxylic acids is 2. The van der Waals surface area contributed by atoms with Crippen molar-refractivity contribution < 1.29 is 23.1 Å². The lowest BCUT2D eigenvalue weighted by Gasteiger charge is -2.32. The first-order valence-electron chi connectivity index (χ1n) is 8.39. The molecule has 1 aliphatic rings. The first-order chi connectivity index (χ1) is 13.4. The number of nitrogens with one attached hydrogen (secondary N) is 1. The number of nitrogens with zero attached hydrogens (tertiary/aromatic N) is 1. The molecule has 1 N–H and O–H groups in total. The summed E-state index contributed by atoms with van der Waals surface area (Å²) in [4.78, 5) is 29.1. The highest BCUT2D eigenvalue weighted by molar-refractivity contribution is 7.14. The number of cyclic esters (lactones) is 1. The van der Waals surface area contributed by atoms with Gasteiger partial charge >= 0.3 is 5.97 Å². The van der Waals surface area contributed by atoms with Crippen molar-refractivity contribution in [2.24, 2.45) is 0 Å². The number of esters is 1. The van der Waals surface area contributed by atoms with E-state index < -0.39 is 29.1 Å². The van der Waals surface area contributed by atoms with E-state index in [-0.39, 0.29) is 22.8 Å². The molecular weight excluding hydrogens is 386 g/mol. The zero-order valence-corrected chi connectivity index (χ0v) is 15.5. The second-order valence-corrected chi connectivity index (χ2v) is 7.43. The number of hydrogen-bond acceptors (Lipinski definition) is 5. The smallest absolute Gasteiger partial charge is 0.339 e. The van der Waals surface area contributed by atoms with E-state index in [1.165, 1.54) is 12.3 Å². The largest absolute Gasteiger partial charge is 0.445 e. The van der Waals surface area contributed by atoms with Gasteiger partial charge in [-0.3, -0.25) is 10.1 Å². The van der Waals surface area contributed by atoms with E-state index in [0.717, 1.165) is 35.1 Å². The Morgan fingerprint density at radius 2 is 2.00 bits per heavy atom. The number of ether oxygens (including phenoxy) is 1. The van der Waals surface area contributed by atoms with Crippen LogP contribution in [0.5, 0.6) is 0 Å². The Morgan fingerprint density at radius 3 is 2.82 bits per heavy atom. The lowest BCUT2D eigenvalue weighted by Crippen LogP contribution is -2.48. The number of carbonyl (C=O) groups is 2. The van der Waals surface area contributed by atoms with Crippen LogP contribution in [0, 0.1) is 11.6 Å². The predicted molar refractivity (Wildman–Crippen MR) is 100 cm³/mol. The minimum atomic E-state index is -1.40. The summed E-state index contributed by atoms with van der Waals surface area (Å²) >= 11 is 1.06. The van der Waals surface area contributed by atoms with Gasteiger partial charge in [0.25, 0.3) is 5.91 Å². The predicted octanol–water partition coefficient (Wildman–Crippen LogP) is 4.20. The van der Waals surface area contributed by atoms with Gasteiger partial charge in [0.2, 0.25) is 0 Å². The molecule has 4 rings (SSSR count). The number of amides is 1. The maximum absolute atomic E-state index is 13.9. The second-order valence-electron chi connectivity index (χ2n) is 6.57. The van der Waals surface area contributed by atoms with Crippen LogP contribution in [0.25, 0.3) is 11.3 Å². The molecule has 1 atom stereocenters. The third-order valence-electron chi connectivity index (χ3n) is 4.49. The van der Waals surface area contributed by atoms with Crippen molar-refractivity contribution in [3.05, 3.63) is 70.6 Å². The molecule has 1 aliphatic heterocycles. The van der Waals surface area contributed by atoms with Crippen LogP contribution in [0.3, 0.4) is 0 Å². The van der Waals surface area contributed by atoms with Crippen LogP contribution in [0.15, 0.2) is 47.8 Å². The maximum atomic E-state index is 13.9. The van der Waals surface area contributed by atoms with E-state index in [0.29, 0.717) is 5.56 Å². The molecule has 3 aromatic rings. The Labute approximate surface area is 163 Å². The Bertz CT molecular complexity index is 1100. The van der Waals surface area contributed by atoms with E-state index in [2.05, 4.69) is 10.3 Å². The minimum Gasteiger partial charge on any atom is -0.445 e. The number of benzene rings is 2. The minimum absolute atomic E-state index is 0.000909. The lowest BCUT2D eigenvalue weighted by molar-refractivity contribution is -0.134. The van der Waals surface area contributed by atoms with Crippen LogP contribution in [0.1, 0.15) is 22.8 Å². The van der Waals surface area contributed by atoms with E-state index in [9.17, 15) is 18.4 Å². The number of fused-ring (bicyclic) bond motifs is 1. The van der Waals surface area contributed by atoms with Crippen molar-refractivity contribution in [3.63, 3.8) is 0 Å². The van der Waals surface area contributed by atoms with Crippen molar-refractivity contribution in [3.8, 4) is 11.3 Å². The Balaban J connectivity index is 1.56. The molecule has 0 saturated heterocycles. The molecule has 0 radical (unpaired) electrons. The summed E-state index contributed by atoms with van der Waals surface area (Å²) in [5, 5.41) is 4.31. The molecule has 0 spiro atoms. The van der Waals surface area contributed by atoms with Crippen molar-refractivity contribution in [2.45, 2.75) is 18.9 Å². The molecule has 0 unspecified atom stereocenters. The maximum Gasteiger partial charge on any atom is 0.339 e. The number of halogens is 2. The zero-order valence-electron chi connectivity index (χ0n) is 14.7. The van der Waals surface area contributed by atoms with Gasteiger partial charge in [0.05, 0.1) is 11.3 Å². The van der Waals surface area contributed by atoms with E-state index in [4.69, 9.17) is 4.74 Å². The van der Waals surface area contributed by atoms with Gasteiger partial charge in [-0.2, -0.15) is 0 Å². The molecule has 5 nitrogen and oxygen atoms in total. The number of aromatic nitrogens is 1. The van der Waals surface area contributed by atoms with Crippen molar-refractivity contribution in [1.29, 1.82) is 0 Å². The topological polar surface area (TPSA) is 68.3 Å². The van der Waals surface area contributed by atoms with Gasteiger partial charge in [0.1, 0.15) is 11.6 Å². The molecule has 142 valence electrons.